The van der Waals surface area contributed by atoms with Crippen molar-refractivity contribution in [2.24, 2.45) is 0 Å². The molecule has 1 amide bonds. The molecule has 0 radical (unpaired) electrons. The third-order valence-corrected chi connectivity index (χ3v) is 3.42. The fourth-order valence-corrected chi connectivity index (χ4v) is 2.25. The largest absolute Gasteiger partial charge is 0.480 e. The van der Waals surface area contributed by atoms with Crippen LogP contribution in [0.5, 0.6) is 0 Å². The van der Waals surface area contributed by atoms with Gasteiger partial charge in [-0.3, -0.25) is 4.79 Å². The molecule has 1 aromatic rings. The maximum absolute atomic E-state index is 12.0. The fourth-order valence-electron chi connectivity index (χ4n) is 2.25. The number of carboxylic acid groups (broad SMARTS) is 1. The van der Waals surface area contributed by atoms with E-state index in [2.05, 4.69) is 10.6 Å². The Morgan fingerprint density at radius 2 is 2.11 bits per heavy atom. The number of carbonyl (C=O) groups is 2. The Bertz CT molecular complexity index is 487. The molecule has 19 heavy (non-hydrogen) atoms. The molecule has 102 valence electrons. The number of nitrogens with one attached hydrogen (secondary N) is 2. The molecule has 0 saturated carbocycles. The zero-order valence-electron chi connectivity index (χ0n) is 10.8. The summed E-state index contributed by atoms with van der Waals surface area (Å²) in [5, 5.41) is 14.6. The quantitative estimate of drug-likeness (QED) is 0.745. The first-order valence-corrected chi connectivity index (χ1v) is 6.45. The van der Waals surface area contributed by atoms with Crippen LogP contribution in [0.3, 0.4) is 0 Å². The Hall–Kier alpha value is -1.88. The van der Waals surface area contributed by atoms with E-state index in [1.165, 1.54) is 5.56 Å². The van der Waals surface area contributed by atoms with E-state index in [0.717, 1.165) is 5.56 Å². The molecule has 1 heterocycles. The second-order valence-electron chi connectivity index (χ2n) is 4.71. The van der Waals surface area contributed by atoms with Crippen LogP contribution in [0.25, 0.3) is 0 Å². The van der Waals surface area contributed by atoms with Crippen LogP contribution in [0, 0.1) is 0 Å². The van der Waals surface area contributed by atoms with Crippen molar-refractivity contribution in [2.75, 3.05) is 0 Å². The summed E-state index contributed by atoms with van der Waals surface area (Å²) in [6, 6.07) is 6.78. The summed E-state index contributed by atoms with van der Waals surface area (Å²) in [7, 11) is 0. The van der Waals surface area contributed by atoms with Gasteiger partial charge in [0.15, 0.2) is 0 Å². The third-order valence-electron chi connectivity index (χ3n) is 3.42. The van der Waals surface area contributed by atoms with E-state index in [9.17, 15) is 9.59 Å². The molecule has 2 atom stereocenters. The van der Waals surface area contributed by atoms with Gasteiger partial charge in [-0.15, -0.1) is 0 Å². The third kappa shape index (κ3) is 3.12. The highest BCUT2D eigenvalue weighted by Gasteiger charge is 2.27. The van der Waals surface area contributed by atoms with E-state index in [1.54, 1.807) is 6.92 Å². The van der Waals surface area contributed by atoms with Crippen molar-refractivity contribution < 1.29 is 14.7 Å². The Balaban J connectivity index is 2.01. The van der Waals surface area contributed by atoms with E-state index >= 15 is 0 Å². The zero-order chi connectivity index (χ0) is 13.8. The van der Waals surface area contributed by atoms with Crippen molar-refractivity contribution in [1.82, 2.24) is 10.6 Å². The van der Waals surface area contributed by atoms with Gasteiger partial charge in [0.2, 0.25) is 5.91 Å². The van der Waals surface area contributed by atoms with Crippen LogP contribution in [-0.2, 0) is 22.6 Å². The van der Waals surface area contributed by atoms with Gasteiger partial charge in [-0.05, 0) is 24.0 Å². The summed E-state index contributed by atoms with van der Waals surface area (Å²) in [6.07, 6.45) is 0.975. The minimum atomic E-state index is -0.993. The normalized spacial score (nSPS) is 19.3. The van der Waals surface area contributed by atoms with Crippen LogP contribution >= 0.6 is 0 Å². The monoisotopic (exact) mass is 262 g/mol. The van der Waals surface area contributed by atoms with Crippen LogP contribution in [0.2, 0.25) is 0 Å². The average Bonchev–Trinajstić information content (AvgIpc) is 2.43. The first-order chi connectivity index (χ1) is 9.11. The highest BCUT2D eigenvalue weighted by molar-refractivity contribution is 5.87. The molecule has 2 rings (SSSR count). The molecule has 0 fully saturated rings. The van der Waals surface area contributed by atoms with E-state index in [4.69, 9.17) is 5.11 Å². The van der Waals surface area contributed by atoms with Gasteiger partial charge in [0.25, 0.3) is 0 Å². The summed E-state index contributed by atoms with van der Waals surface area (Å²) in [6.45, 7) is 2.38. The zero-order valence-corrected chi connectivity index (χ0v) is 10.8. The lowest BCUT2D eigenvalue weighted by Crippen LogP contribution is -2.52. The molecule has 0 aliphatic carbocycles. The van der Waals surface area contributed by atoms with Crippen molar-refractivity contribution >= 4 is 11.9 Å². The molecule has 1 aliphatic heterocycles. The number of rotatable bonds is 4. The fraction of sp³-hybridized carbons (Fsp3) is 0.429. The van der Waals surface area contributed by atoms with Crippen LogP contribution in [0.1, 0.15) is 24.5 Å². The average molecular weight is 262 g/mol. The molecule has 3 N–H and O–H groups in total. The Morgan fingerprint density at radius 3 is 2.74 bits per heavy atom. The Kier molecular flexibility index (Phi) is 4.16. The molecule has 5 heteroatoms. The summed E-state index contributed by atoms with van der Waals surface area (Å²) in [4.78, 5) is 23.0. The van der Waals surface area contributed by atoms with Crippen molar-refractivity contribution in [3.63, 3.8) is 0 Å². The van der Waals surface area contributed by atoms with Gasteiger partial charge in [0.1, 0.15) is 6.04 Å². The maximum Gasteiger partial charge on any atom is 0.326 e. The molecular weight excluding hydrogens is 244 g/mol. The smallest absolute Gasteiger partial charge is 0.326 e. The summed E-state index contributed by atoms with van der Waals surface area (Å²) >= 11 is 0. The first-order valence-electron chi connectivity index (χ1n) is 6.45. The summed E-state index contributed by atoms with van der Waals surface area (Å²) in [5.74, 6) is -1.24. The standard InChI is InChI=1S/C14H18N2O3/c1-2-11(14(18)19)16-13(17)12-7-9-5-3-4-6-10(9)8-15-12/h3-6,11-12,15H,2,7-8H2,1H3,(H,16,17)(H,18,19)/t11?,12-/m0/s1. The van der Waals surface area contributed by atoms with E-state index in [1.807, 2.05) is 24.3 Å². The number of hydrogen-bond acceptors (Lipinski definition) is 3. The number of amides is 1. The SMILES string of the molecule is CCC(NC(=O)[C@@H]1Cc2ccccc2CN1)C(=O)O. The van der Waals surface area contributed by atoms with Gasteiger partial charge in [-0.25, -0.2) is 4.79 Å². The van der Waals surface area contributed by atoms with Gasteiger partial charge in [-0.1, -0.05) is 31.2 Å². The minimum absolute atomic E-state index is 0.247. The lowest BCUT2D eigenvalue weighted by molar-refractivity contribution is -0.142. The van der Waals surface area contributed by atoms with Gasteiger partial charge in [0.05, 0.1) is 6.04 Å². The highest BCUT2D eigenvalue weighted by atomic mass is 16.4. The number of fused-ring (bicyclic) bond motifs is 1. The van der Waals surface area contributed by atoms with Crippen molar-refractivity contribution in [1.29, 1.82) is 0 Å². The van der Waals surface area contributed by atoms with Crippen LogP contribution in [-0.4, -0.2) is 29.1 Å². The van der Waals surface area contributed by atoms with Crippen LogP contribution in [0.4, 0.5) is 0 Å². The van der Waals surface area contributed by atoms with Gasteiger partial charge >= 0.3 is 5.97 Å². The maximum atomic E-state index is 12.0. The first kappa shape index (κ1) is 13.5. The van der Waals surface area contributed by atoms with E-state index in [0.29, 0.717) is 19.4 Å². The molecule has 0 saturated heterocycles. The van der Waals surface area contributed by atoms with Gasteiger partial charge in [-0.2, -0.15) is 0 Å². The lowest BCUT2D eigenvalue weighted by Gasteiger charge is -2.26. The van der Waals surface area contributed by atoms with Crippen molar-refractivity contribution in [2.45, 2.75) is 38.4 Å². The molecule has 0 aromatic heterocycles. The number of aliphatic carboxylic acids is 1. The Labute approximate surface area is 112 Å². The minimum Gasteiger partial charge on any atom is -0.480 e. The molecule has 1 aliphatic rings. The van der Waals surface area contributed by atoms with Gasteiger partial charge < -0.3 is 15.7 Å². The van der Waals surface area contributed by atoms with Crippen molar-refractivity contribution in [3.8, 4) is 0 Å². The van der Waals surface area contributed by atoms with Crippen LogP contribution in [0.15, 0.2) is 24.3 Å². The predicted octanol–water partition coefficient (Wildman–Crippen LogP) is 0.680. The lowest BCUT2D eigenvalue weighted by atomic mass is 9.95. The highest BCUT2D eigenvalue weighted by Crippen LogP contribution is 2.16. The summed E-state index contributed by atoms with van der Waals surface area (Å²) in [5.41, 5.74) is 2.33. The van der Waals surface area contributed by atoms with Crippen molar-refractivity contribution in [3.05, 3.63) is 35.4 Å². The second kappa shape index (κ2) is 5.84. The molecule has 5 nitrogen and oxygen atoms in total. The number of benzene rings is 1. The van der Waals surface area contributed by atoms with E-state index in [-0.39, 0.29) is 11.9 Å². The summed E-state index contributed by atoms with van der Waals surface area (Å²) < 4.78 is 0. The predicted molar refractivity (Wildman–Crippen MR) is 70.6 cm³/mol. The molecule has 1 aromatic carbocycles. The number of carbonyl (C=O) groups excluding carboxylic acids is 1. The topological polar surface area (TPSA) is 78.4 Å². The number of carboxylic acids is 1. The molecule has 0 bridgehead atoms. The second-order valence-corrected chi connectivity index (χ2v) is 4.71. The number of hydrogen-bond donors (Lipinski definition) is 3. The molecule has 0 spiro atoms. The van der Waals surface area contributed by atoms with E-state index < -0.39 is 12.0 Å². The Morgan fingerprint density at radius 1 is 1.42 bits per heavy atom. The molecule has 1 unspecified atom stereocenters. The van der Waals surface area contributed by atoms with Gasteiger partial charge in [0, 0.05) is 6.54 Å². The molecular formula is C14H18N2O3. The van der Waals surface area contributed by atoms with Crippen LogP contribution < -0.4 is 10.6 Å².